The van der Waals surface area contributed by atoms with E-state index in [-0.39, 0.29) is 22.8 Å². The number of methoxy groups -OCH3 is 2. The highest BCUT2D eigenvalue weighted by molar-refractivity contribution is 7.80. The van der Waals surface area contributed by atoms with Gasteiger partial charge in [0.15, 0.2) is 6.10 Å². The number of rotatable bonds is 24. The van der Waals surface area contributed by atoms with Crippen molar-refractivity contribution in [2.45, 2.75) is 121 Å². The molecule has 0 fully saturated rings. The minimum Gasteiger partial charge on any atom is -0.508 e. The Morgan fingerprint density at radius 1 is 0.623 bits per heavy atom. The molecule has 0 amide bonds. The van der Waals surface area contributed by atoms with E-state index in [0.29, 0.717) is 29.4 Å². The molecule has 3 rings (SSSR count). The fourth-order valence-corrected chi connectivity index (χ4v) is 6.07. The van der Waals surface area contributed by atoms with Crippen LogP contribution in [-0.4, -0.2) is 54.2 Å². The van der Waals surface area contributed by atoms with Gasteiger partial charge in [0.25, 0.3) is 0 Å². The zero-order valence-electron chi connectivity index (χ0n) is 31.8. The molecule has 0 aliphatic rings. The van der Waals surface area contributed by atoms with Gasteiger partial charge < -0.3 is 28.2 Å². The zero-order valence-corrected chi connectivity index (χ0v) is 32.7. The largest absolute Gasteiger partial charge is 0.508 e. The van der Waals surface area contributed by atoms with Gasteiger partial charge in [0, 0.05) is 0 Å². The number of ether oxygens (including phenoxy) is 4. The first-order valence-corrected chi connectivity index (χ1v) is 19.9. The Bertz CT molecular complexity index is 1460. The van der Waals surface area contributed by atoms with Crippen LogP contribution >= 0.6 is 0 Å². The highest BCUT2D eigenvalue weighted by Gasteiger charge is 2.22. The second-order valence-corrected chi connectivity index (χ2v) is 13.7. The van der Waals surface area contributed by atoms with E-state index in [1.807, 2.05) is 0 Å². The summed E-state index contributed by atoms with van der Waals surface area (Å²) in [7, 11) is 2.52. The van der Waals surface area contributed by atoms with Crippen molar-refractivity contribution in [3.8, 4) is 17.2 Å². The Morgan fingerprint density at radius 2 is 1.09 bits per heavy atom. The molecule has 0 aliphatic heterocycles. The molecule has 0 saturated heterocycles. The summed E-state index contributed by atoms with van der Waals surface area (Å²) in [6, 6.07) is 19.1. The van der Waals surface area contributed by atoms with Crippen molar-refractivity contribution < 1.29 is 46.8 Å². The summed E-state index contributed by atoms with van der Waals surface area (Å²) in [6.07, 6.45) is 16.5. The number of esters is 3. The molecule has 0 spiro atoms. The van der Waals surface area contributed by atoms with Crippen LogP contribution in [0.25, 0.3) is 0 Å². The van der Waals surface area contributed by atoms with E-state index in [0.717, 1.165) is 38.5 Å². The van der Waals surface area contributed by atoms with Gasteiger partial charge in [-0.05, 0) is 79.9 Å². The fourth-order valence-electron chi connectivity index (χ4n) is 5.33. The molecule has 0 radical (unpaired) electrons. The smallest absolute Gasteiger partial charge is 0.347 e. The number of hydrogen-bond acceptors (Lipinski definition) is 10. The first-order valence-electron chi connectivity index (χ1n) is 18.8. The van der Waals surface area contributed by atoms with Gasteiger partial charge in [0.2, 0.25) is 11.1 Å². The Morgan fingerprint density at radius 3 is 1.60 bits per heavy atom. The standard InChI is InChI=1S/C32H48O6S.C10H10O4/c1-3-5-7-9-10-11-12-13-14-15-17-31(32(34)36-26-16-8-6-4-2)37-28-20-22-29(23-21-28)38-39(35)30-24-18-27(33)19-25-30;1-13-9(11)7-5-3-4-6-8(7)10(12)14-2/h18-25,31,33H,3-17,26H2,1-2H3;3-6H,1-2H3. The molecule has 10 nitrogen and oxygen atoms in total. The summed E-state index contributed by atoms with van der Waals surface area (Å²) >= 11 is -1.71. The second-order valence-electron chi connectivity index (χ2n) is 12.6. The molecule has 0 aromatic heterocycles. The molecule has 292 valence electrons. The molecule has 53 heavy (non-hydrogen) atoms. The Balaban J connectivity index is 0.000000579. The lowest BCUT2D eigenvalue weighted by Gasteiger charge is -2.18. The maximum atomic E-state index is 12.8. The molecule has 0 heterocycles. The monoisotopic (exact) mass is 754 g/mol. The predicted molar refractivity (Wildman–Crippen MR) is 207 cm³/mol. The van der Waals surface area contributed by atoms with Crippen LogP contribution in [0.4, 0.5) is 0 Å². The fraction of sp³-hybridized carbons (Fsp3) is 0.500. The normalized spacial score (nSPS) is 11.7. The number of carbonyl (C=O) groups is 3. The molecule has 0 aliphatic carbocycles. The van der Waals surface area contributed by atoms with Crippen LogP contribution in [0.3, 0.4) is 0 Å². The maximum absolute atomic E-state index is 12.8. The van der Waals surface area contributed by atoms with Crippen molar-refractivity contribution >= 4 is 29.0 Å². The van der Waals surface area contributed by atoms with E-state index in [9.17, 15) is 23.7 Å². The number of phenols is 1. The molecule has 2 atom stereocenters. The average molecular weight is 755 g/mol. The molecule has 0 saturated carbocycles. The molecule has 2 unspecified atom stereocenters. The van der Waals surface area contributed by atoms with Crippen LogP contribution in [0.1, 0.15) is 131 Å². The van der Waals surface area contributed by atoms with Crippen molar-refractivity contribution in [3.63, 3.8) is 0 Å². The Hall–Kier alpha value is -4.38. The third kappa shape index (κ3) is 18.3. The zero-order chi connectivity index (χ0) is 38.7. The van der Waals surface area contributed by atoms with E-state index in [1.54, 1.807) is 48.5 Å². The number of unbranched alkanes of at least 4 members (excludes halogenated alkanes) is 12. The molecule has 3 aromatic rings. The van der Waals surface area contributed by atoms with Gasteiger partial charge in [-0.25, -0.2) is 18.6 Å². The Kier molecular flexibility index (Phi) is 23.0. The predicted octanol–water partition coefficient (Wildman–Crippen LogP) is 9.94. The summed E-state index contributed by atoms with van der Waals surface area (Å²) in [5.41, 5.74) is 0.420. The van der Waals surface area contributed by atoms with Crippen molar-refractivity contribution in [1.82, 2.24) is 0 Å². The van der Waals surface area contributed by atoms with Crippen molar-refractivity contribution in [2.75, 3.05) is 20.8 Å². The summed E-state index contributed by atoms with van der Waals surface area (Å²) in [6.45, 7) is 4.82. The molecular weight excluding hydrogens is 697 g/mol. The number of benzene rings is 3. The second kappa shape index (κ2) is 27.3. The summed E-state index contributed by atoms with van der Waals surface area (Å²) in [5, 5.41) is 9.40. The lowest BCUT2D eigenvalue weighted by molar-refractivity contribution is -0.152. The minimum atomic E-state index is -1.71. The summed E-state index contributed by atoms with van der Waals surface area (Å²) < 4.78 is 38.6. The Labute approximate surface area is 318 Å². The number of hydrogen-bond donors (Lipinski definition) is 1. The van der Waals surface area contributed by atoms with Gasteiger partial charge in [-0.2, -0.15) is 0 Å². The van der Waals surface area contributed by atoms with E-state index < -0.39 is 29.1 Å². The summed E-state index contributed by atoms with van der Waals surface area (Å²) in [5.74, 6) is -0.353. The number of aromatic hydroxyl groups is 1. The van der Waals surface area contributed by atoms with Crippen LogP contribution in [0.5, 0.6) is 17.2 Å². The van der Waals surface area contributed by atoms with E-state index in [1.165, 1.54) is 89.9 Å². The van der Waals surface area contributed by atoms with Crippen LogP contribution in [0.2, 0.25) is 0 Å². The number of phenolic OH excluding ortho intramolecular Hbond substituents is 1. The van der Waals surface area contributed by atoms with Gasteiger partial charge in [0.1, 0.15) is 17.2 Å². The third-order valence-corrected chi connectivity index (χ3v) is 9.37. The highest BCUT2D eigenvalue weighted by Crippen LogP contribution is 2.23. The van der Waals surface area contributed by atoms with Crippen molar-refractivity contribution in [3.05, 3.63) is 83.9 Å². The van der Waals surface area contributed by atoms with E-state index in [4.69, 9.17) is 13.7 Å². The van der Waals surface area contributed by atoms with Crippen LogP contribution in [0.15, 0.2) is 77.7 Å². The topological polar surface area (TPSA) is 135 Å². The van der Waals surface area contributed by atoms with Gasteiger partial charge in [-0.15, -0.1) is 0 Å². The lowest BCUT2D eigenvalue weighted by Crippen LogP contribution is -2.29. The third-order valence-electron chi connectivity index (χ3n) is 8.37. The molecule has 0 bridgehead atoms. The highest BCUT2D eigenvalue weighted by atomic mass is 32.2. The quantitative estimate of drug-likeness (QED) is 0.0535. The van der Waals surface area contributed by atoms with Crippen molar-refractivity contribution in [1.29, 1.82) is 0 Å². The van der Waals surface area contributed by atoms with Crippen LogP contribution < -0.4 is 8.92 Å². The van der Waals surface area contributed by atoms with Crippen LogP contribution in [0, 0.1) is 0 Å². The molecule has 1 N–H and O–H groups in total. The van der Waals surface area contributed by atoms with Gasteiger partial charge >= 0.3 is 17.9 Å². The average Bonchev–Trinajstić information content (AvgIpc) is 3.18. The van der Waals surface area contributed by atoms with E-state index >= 15 is 0 Å². The molecule has 3 aromatic carbocycles. The van der Waals surface area contributed by atoms with Gasteiger partial charge in [-0.1, -0.05) is 103 Å². The summed E-state index contributed by atoms with van der Waals surface area (Å²) in [4.78, 5) is 35.7. The number of carbonyl (C=O) groups excluding carboxylic acids is 3. The molecule has 11 heteroatoms. The van der Waals surface area contributed by atoms with Crippen LogP contribution in [-0.2, 0) is 30.1 Å². The first kappa shape index (κ1) is 44.8. The van der Waals surface area contributed by atoms with Gasteiger partial charge in [-0.3, -0.25) is 0 Å². The lowest BCUT2D eigenvalue weighted by atomic mass is 10.0. The first-order chi connectivity index (χ1) is 25.7. The van der Waals surface area contributed by atoms with Gasteiger partial charge in [0.05, 0.1) is 36.8 Å². The minimum absolute atomic E-state index is 0.101. The molecular formula is C42H58O10S. The van der Waals surface area contributed by atoms with Crippen molar-refractivity contribution in [2.24, 2.45) is 0 Å². The SMILES string of the molecule is CCCCCCCCCCCCC(Oc1ccc(OS(=O)c2ccc(O)cc2)cc1)C(=O)OCCCCCC.COC(=O)c1ccccc1C(=O)OC. The van der Waals surface area contributed by atoms with E-state index in [2.05, 4.69) is 23.3 Å². The maximum Gasteiger partial charge on any atom is 0.347 e.